The highest BCUT2D eigenvalue weighted by atomic mass is 16.5. The minimum Gasteiger partial charge on any atom is -0.481 e. The van der Waals surface area contributed by atoms with E-state index in [1.54, 1.807) is 50.4 Å². The van der Waals surface area contributed by atoms with Crippen LogP contribution in [0.3, 0.4) is 0 Å². The van der Waals surface area contributed by atoms with E-state index in [4.69, 9.17) is 4.74 Å². The molecule has 114 valence electrons. The van der Waals surface area contributed by atoms with Crippen LogP contribution < -0.4 is 15.4 Å². The summed E-state index contributed by atoms with van der Waals surface area (Å²) in [6, 6.07) is 15.8. The molecular formula is C17H18N2O3. The third kappa shape index (κ3) is 4.09. The van der Waals surface area contributed by atoms with Gasteiger partial charge in [-0.15, -0.1) is 0 Å². The summed E-state index contributed by atoms with van der Waals surface area (Å²) in [6.45, 7) is 1.68. The molecule has 0 spiro atoms. The summed E-state index contributed by atoms with van der Waals surface area (Å²) in [5.74, 6) is 0.218. The summed E-state index contributed by atoms with van der Waals surface area (Å²) < 4.78 is 5.55. The Kier molecular flexibility index (Phi) is 5.14. The molecule has 1 atom stereocenters. The predicted octanol–water partition coefficient (Wildman–Crippen LogP) is 2.45. The number of nitrogens with one attached hydrogen (secondary N) is 2. The highest BCUT2D eigenvalue weighted by Crippen LogP contribution is 2.13. The van der Waals surface area contributed by atoms with E-state index in [0.717, 1.165) is 0 Å². The topological polar surface area (TPSA) is 67.4 Å². The summed E-state index contributed by atoms with van der Waals surface area (Å²) >= 11 is 0. The Labute approximate surface area is 129 Å². The number of rotatable bonds is 5. The number of hydrogen-bond donors (Lipinski definition) is 2. The number of benzene rings is 2. The van der Waals surface area contributed by atoms with Gasteiger partial charge in [-0.1, -0.05) is 18.2 Å². The van der Waals surface area contributed by atoms with Crippen LogP contribution in [-0.2, 0) is 4.79 Å². The Bertz CT molecular complexity index is 639. The Morgan fingerprint density at radius 3 is 2.23 bits per heavy atom. The lowest BCUT2D eigenvalue weighted by Gasteiger charge is -2.14. The first-order valence-electron chi connectivity index (χ1n) is 6.95. The normalized spacial score (nSPS) is 11.4. The van der Waals surface area contributed by atoms with Crippen LogP contribution in [0.15, 0.2) is 54.6 Å². The fourth-order valence-electron chi connectivity index (χ4n) is 1.85. The van der Waals surface area contributed by atoms with Crippen LogP contribution in [0.5, 0.6) is 5.75 Å². The van der Waals surface area contributed by atoms with Gasteiger partial charge in [0.15, 0.2) is 6.10 Å². The van der Waals surface area contributed by atoms with E-state index in [1.807, 2.05) is 18.2 Å². The second kappa shape index (κ2) is 7.26. The first kappa shape index (κ1) is 15.6. The lowest BCUT2D eigenvalue weighted by molar-refractivity contribution is -0.122. The summed E-state index contributed by atoms with van der Waals surface area (Å²) in [4.78, 5) is 23.5. The van der Waals surface area contributed by atoms with Gasteiger partial charge in [0.05, 0.1) is 0 Å². The molecular weight excluding hydrogens is 280 g/mol. The van der Waals surface area contributed by atoms with Crippen molar-refractivity contribution in [2.24, 2.45) is 0 Å². The zero-order chi connectivity index (χ0) is 15.9. The lowest BCUT2D eigenvalue weighted by Crippen LogP contribution is -2.30. The SMILES string of the molecule is CNC(=O)c1ccc(NC(=O)[C@@H](C)Oc2ccccc2)cc1. The largest absolute Gasteiger partial charge is 0.481 e. The molecule has 0 fully saturated rings. The lowest BCUT2D eigenvalue weighted by atomic mass is 10.2. The summed E-state index contributed by atoms with van der Waals surface area (Å²) in [7, 11) is 1.57. The second-order valence-corrected chi connectivity index (χ2v) is 4.72. The van der Waals surface area contributed by atoms with Crippen molar-refractivity contribution in [2.45, 2.75) is 13.0 Å². The van der Waals surface area contributed by atoms with Crippen LogP contribution in [0.1, 0.15) is 17.3 Å². The number of para-hydroxylation sites is 1. The molecule has 0 aromatic heterocycles. The van der Waals surface area contributed by atoms with Gasteiger partial charge in [-0.25, -0.2) is 0 Å². The van der Waals surface area contributed by atoms with Crippen LogP contribution in [-0.4, -0.2) is 25.0 Å². The highest BCUT2D eigenvalue weighted by molar-refractivity contribution is 5.96. The third-order valence-electron chi connectivity index (χ3n) is 3.07. The molecule has 0 unspecified atom stereocenters. The average molecular weight is 298 g/mol. The van der Waals surface area contributed by atoms with Crippen molar-refractivity contribution in [3.63, 3.8) is 0 Å². The zero-order valence-electron chi connectivity index (χ0n) is 12.5. The molecule has 0 aliphatic carbocycles. The van der Waals surface area contributed by atoms with Gasteiger partial charge >= 0.3 is 0 Å². The fraction of sp³-hybridized carbons (Fsp3) is 0.176. The number of amides is 2. The van der Waals surface area contributed by atoms with Crippen molar-refractivity contribution in [2.75, 3.05) is 12.4 Å². The summed E-state index contributed by atoms with van der Waals surface area (Å²) in [6.07, 6.45) is -0.624. The van der Waals surface area contributed by atoms with Gasteiger partial charge in [-0.3, -0.25) is 9.59 Å². The van der Waals surface area contributed by atoms with E-state index < -0.39 is 6.10 Å². The van der Waals surface area contributed by atoms with Crippen molar-refractivity contribution in [3.8, 4) is 5.75 Å². The maximum atomic E-state index is 12.1. The Morgan fingerprint density at radius 1 is 1.00 bits per heavy atom. The van der Waals surface area contributed by atoms with Crippen molar-refractivity contribution in [1.82, 2.24) is 5.32 Å². The first-order chi connectivity index (χ1) is 10.6. The number of anilines is 1. The van der Waals surface area contributed by atoms with Crippen LogP contribution in [0.25, 0.3) is 0 Å². The highest BCUT2D eigenvalue weighted by Gasteiger charge is 2.15. The molecule has 0 aliphatic rings. The standard InChI is InChI=1S/C17H18N2O3/c1-12(22-15-6-4-3-5-7-15)16(20)19-14-10-8-13(9-11-14)17(21)18-2/h3-12H,1-2H3,(H,18,21)(H,19,20)/t12-/m1/s1. The number of carbonyl (C=O) groups excluding carboxylic acids is 2. The van der Waals surface area contributed by atoms with Gasteiger partial charge in [0.25, 0.3) is 11.8 Å². The quantitative estimate of drug-likeness (QED) is 0.891. The van der Waals surface area contributed by atoms with Crippen LogP contribution in [0.4, 0.5) is 5.69 Å². The molecule has 0 saturated heterocycles. The fourth-order valence-corrected chi connectivity index (χ4v) is 1.85. The number of carbonyl (C=O) groups is 2. The van der Waals surface area contributed by atoms with E-state index in [2.05, 4.69) is 10.6 Å². The van der Waals surface area contributed by atoms with Gasteiger partial charge < -0.3 is 15.4 Å². The molecule has 0 heterocycles. The molecule has 0 saturated carbocycles. The monoisotopic (exact) mass is 298 g/mol. The summed E-state index contributed by atoms with van der Waals surface area (Å²) in [5, 5.41) is 5.29. The molecule has 2 amide bonds. The van der Waals surface area contributed by atoms with Gasteiger partial charge in [-0.05, 0) is 43.3 Å². The van der Waals surface area contributed by atoms with Crippen molar-refractivity contribution in [1.29, 1.82) is 0 Å². The maximum absolute atomic E-state index is 12.1. The molecule has 5 nitrogen and oxygen atoms in total. The Hall–Kier alpha value is -2.82. The Balaban J connectivity index is 1.95. The van der Waals surface area contributed by atoms with E-state index in [-0.39, 0.29) is 11.8 Å². The average Bonchev–Trinajstić information content (AvgIpc) is 2.55. The molecule has 5 heteroatoms. The first-order valence-corrected chi connectivity index (χ1v) is 6.95. The van der Waals surface area contributed by atoms with Gasteiger partial charge in [0.2, 0.25) is 0 Å². The van der Waals surface area contributed by atoms with Crippen molar-refractivity contribution < 1.29 is 14.3 Å². The van der Waals surface area contributed by atoms with E-state index in [9.17, 15) is 9.59 Å². The Morgan fingerprint density at radius 2 is 1.64 bits per heavy atom. The van der Waals surface area contributed by atoms with Crippen LogP contribution in [0, 0.1) is 0 Å². The van der Waals surface area contributed by atoms with Gasteiger partial charge in [-0.2, -0.15) is 0 Å². The number of hydrogen-bond acceptors (Lipinski definition) is 3. The molecule has 2 aromatic carbocycles. The molecule has 2 aromatic rings. The maximum Gasteiger partial charge on any atom is 0.265 e. The molecule has 22 heavy (non-hydrogen) atoms. The molecule has 0 aliphatic heterocycles. The summed E-state index contributed by atoms with van der Waals surface area (Å²) in [5.41, 5.74) is 1.15. The van der Waals surface area contributed by atoms with E-state index in [0.29, 0.717) is 17.0 Å². The van der Waals surface area contributed by atoms with Gasteiger partial charge in [0.1, 0.15) is 5.75 Å². The second-order valence-electron chi connectivity index (χ2n) is 4.72. The predicted molar refractivity (Wildman–Crippen MR) is 85.0 cm³/mol. The van der Waals surface area contributed by atoms with Crippen LogP contribution >= 0.6 is 0 Å². The number of ether oxygens (including phenoxy) is 1. The third-order valence-corrected chi connectivity index (χ3v) is 3.07. The minimum absolute atomic E-state index is 0.168. The molecule has 0 bridgehead atoms. The molecule has 2 N–H and O–H groups in total. The minimum atomic E-state index is -0.624. The zero-order valence-corrected chi connectivity index (χ0v) is 12.5. The van der Waals surface area contributed by atoms with Crippen molar-refractivity contribution >= 4 is 17.5 Å². The smallest absolute Gasteiger partial charge is 0.265 e. The van der Waals surface area contributed by atoms with E-state index in [1.165, 1.54) is 0 Å². The van der Waals surface area contributed by atoms with Crippen molar-refractivity contribution in [3.05, 3.63) is 60.2 Å². The van der Waals surface area contributed by atoms with Crippen LogP contribution in [0.2, 0.25) is 0 Å². The van der Waals surface area contributed by atoms with E-state index >= 15 is 0 Å². The van der Waals surface area contributed by atoms with Gasteiger partial charge in [0, 0.05) is 18.3 Å². The molecule has 2 rings (SSSR count). The molecule has 0 radical (unpaired) electrons.